The largest absolute Gasteiger partial charge is 0.392 e. The van der Waals surface area contributed by atoms with Crippen LogP contribution in [-0.4, -0.2) is 48.0 Å². The molecule has 3 nitrogen and oxygen atoms in total. The molecule has 2 aliphatic carbocycles. The van der Waals surface area contributed by atoms with E-state index in [1.807, 2.05) is 6.08 Å². The molecule has 26 heavy (non-hydrogen) atoms. The van der Waals surface area contributed by atoms with Gasteiger partial charge in [0.2, 0.25) is 0 Å². The Morgan fingerprint density at radius 2 is 2.00 bits per heavy atom. The number of hydrogen-bond donors (Lipinski definition) is 2. The van der Waals surface area contributed by atoms with Crippen LogP contribution >= 0.6 is 0 Å². The maximum absolute atomic E-state index is 10.4. The topological polar surface area (TPSA) is 43.7 Å². The summed E-state index contributed by atoms with van der Waals surface area (Å²) in [6, 6.07) is 0. The van der Waals surface area contributed by atoms with E-state index in [0.29, 0.717) is 11.8 Å². The van der Waals surface area contributed by atoms with Gasteiger partial charge in [0.15, 0.2) is 0 Å². The van der Waals surface area contributed by atoms with E-state index in [9.17, 15) is 10.2 Å². The van der Waals surface area contributed by atoms with E-state index in [1.165, 1.54) is 45.1 Å². The zero-order valence-corrected chi connectivity index (χ0v) is 17.2. The third-order valence-corrected chi connectivity index (χ3v) is 6.21. The summed E-state index contributed by atoms with van der Waals surface area (Å²) >= 11 is 0. The summed E-state index contributed by atoms with van der Waals surface area (Å²) in [6.45, 7) is 3.37. The van der Waals surface area contributed by atoms with Crippen molar-refractivity contribution in [2.75, 3.05) is 20.6 Å². The summed E-state index contributed by atoms with van der Waals surface area (Å²) in [6.07, 6.45) is 17.4. The molecule has 0 unspecified atom stereocenters. The van der Waals surface area contributed by atoms with Gasteiger partial charge in [-0.05, 0) is 71.0 Å². The Kier molecular flexibility index (Phi) is 9.38. The van der Waals surface area contributed by atoms with Crippen LogP contribution in [0.1, 0.15) is 71.1 Å². The third-order valence-electron chi connectivity index (χ3n) is 6.21. The van der Waals surface area contributed by atoms with Crippen molar-refractivity contribution in [3.63, 3.8) is 0 Å². The van der Waals surface area contributed by atoms with Crippen molar-refractivity contribution in [1.29, 1.82) is 0 Å². The first kappa shape index (κ1) is 21.7. The van der Waals surface area contributed by atoms with Crippen LogP contribution in [0.15, 0.2) is 23.8 Å². The van der Waals surface area contributed by atoms with Gasteiger partial charge in [-0.3, -0.25) is 0 Å². The molecular weight excluding hydrogens is 322 g/mol. The van der Waals surface area contributed by atoms with Gasteiger partial charge in [0.05, 0.1) is 12.2 Å². The van der Waals surface area contributed by atoms with Crippen LogP contribution in [0.25, 0.3) is 0 Å². The lowest BCUT2D eigenvalue weighted by Gasteiger charge is -2.19. The van der Waals surface area contributed by atoms with Gasteiger partial charge >= 0.3 is 0 Å². The normalized spacial score (nSPS) is 29.5. The summed E-state index contributed by atoms with van der Waals surface area (Å²) in [5.74, 6) is 1.33. The molecule has 150 valence electrons. The Balaban J connectivity index is 1.74. The van der Waals surface area contributed by atoms with Crippen LogP contribution < -0.4 is 0 Å². The van der Waals surface area contributed by atoms with E-state index >= 15 is 0 Å². The Hall–Kier alpha value is -0.640. The van der Waals surface area contributed by atoms with Gasteiger partial charge in [-0.1, -0.05) is 56.4 Å². The average Bonchev–Trinajstić information content (AvgIpc) is 3.09. The van der Waals surface area contributed by atoms with Gasteiger partial charge in [0.1, 0.15) is 0 Å². The Bertz CT molecular complexity index is 457. The third kappa shape index (κ3) is 6.83. The second-order valence-electron chi connectivity index (χ2n) is 8.80. The summed E-state index contributed by atoms with van der Waals surface area (Å²) in [5.41, 5.74) is 1.61. The minimum Gasteiger partial charge on any atom is -0.392 e. The minimum atomic E-state index is -0.349. The lowest BCUT2D eigenvalue weighted by atomic mass is 9.88. The fraction of sp³-hybridized carbons (Fsp3) is 0.826. The predicted molar refractivity (Wildman–Crippen MR) is 110 cm³/mol. The van der Waals surface area contributed by atoms with Gasteiger partial charge in [0, 0.05) is 5.92 Å². The van der Waals surface area contributed by atoms with Crippen molar-refractivity contribution in [2.45, 2.75) is 83.3 Å². The molecule has 1 fully saturated rings. The van der Waals surface area contributed by atoms with Crippen molar-refractivity contribution in [3.8, 4) is 0 Å². The van der Waals surface area contributed by atoms with Crippen LogP contribution in [0.5, 0.6) is 0 Å². The number of fused-ring (bicyclic) bond motifs is 1. The quantitative estimate of drug-likeness (QED) is 0.395. The van der Waals surface area contributed by atoms with Crippen LogP contribution in [0.4, 0.5) is 0 Å². The number of allylic oxidation sites excluding steroid dienone is 2. The summed E-state index contributed by atoms with van der Waals surface area (Å²) < 4.78 is 0. The van der Waals surface area contributed by atoms with E-state index < -0.39 is 0 Å². The number of hydrogen-bond acceptors (Lipinski definition) is 3. The molecule has 0 spiro atoms. The van der Waals surface area contributed by atoms with Gasteiger partial charge in [-0.15, -0.1) is 0 Å². The first-order chi connectivity index (χ1) is 12.5. The van der Waals surface area contributed by atoms with E-state index in [-0.39, 0.29) is 18.1 Å². The molecule has 0 radical (unpaired) electrons. The highest BCUT2D eigenvalue weighted by atomic mass is 16.3. The molecule has 2 N–H and O–H groups in total. The SMILES string of the molecule is CCCCC[C@@H](O)C=C[C@H]1[C@@H]2CC(CCCCCN(C)C)=C[C@@H]2C[C@@H]1O. The molecule has 3 heteroatoms. The molecule has 0 aromatic carbocycles. The maximum atomic E-state index is 10.4. The Labute approximate surface area is 161 Å². The molecule has 2 aliphatic rings. The van der Waals surface area contributed by atoms with E-state index in [0.717, 1.165) is 25.7 Å². The van der Waals surface area contributed by atoms with Crippen LogP contribution in [0, 0.1) is 17.8 Å². The second kappa shape index (κ2) is 11.3. The highest BCUT2D eigenvalue weighted by Crippen LogP contribution is 2.48. The Morgan fingerprint density at radius 3 is 2.73 bits per heavy atom. The monoisotopic (exact) mass is 363 g/mol. The summed E-state index contributed by atoms with van der Waals surface area (Å²) in [4.78, 5) is 2.26. The molecular formula is C23H41NO2. The second-order valence-corrected chi connectivity index (χ2v) is 8.80. The lowest BCUT2D eigenvalue weighted by molar-refractivity contribution is 0.139. The zero-order valence-electron chi connectivity index (χ0n) is 17.2. The van der Waals surface area contributed by atoms with Gasteiger partial charge in [0.25, 0.3) is 0 Å². The molecule has 0 aromatic heterocycles. The average molecular weight is 364 g/mol. The van der Waals surface area contributed by atoms with Crippen molar-refractivity contribution in [2.24, 2.45) is 17.8 Å². The summed E-state index contributed by atoms with van der Waals surface area (Å²) in [5, 5.41) is 20.6. The highest BCUT2D eigenvalue weighted by Gasteiger charge is 2.43. The molecule has 1 saturated carbocycles. The standard InChI is InChI=1S/C23H41NO2/c1-4-5-7-11-20(25)12-13-21-22-16-18(15-19(22)17-23(21)26)10-8-6-9-14-24(2)3/h12-13,15,19-23,25-26H,4-11,14,16-17H2,1-3H3/t19-,20-,21+,22-,23+/m1/s1. The van der Waals surface area contributed by atoms with Crippen molar-refractivity contribution >= 4 is 0 Å². The molecule has 2 rings (SSSR count). The van der Waals surface area contributed by atoms with E-state index in [2.05, 4.69) is 38.1 Å². The van der Waals surface area contributed by atoms with Crippen molar-refractivity contribution in [3.05, 3.63) is 23.8 Å². The van der Waals surface area contributed by atoms with E-state index in [4.69, 9.17) is 0 Å². The molecule has 0 aliphatic heterocycles. The first-order valence-corrected chi connectivity index (χ1v) is 10.9. The number of aliphatic hydroxyl groups excluding tert-OH is 2. The zero-order chi connectivity index (χ0) is 18.9. The minimum absolute atomic E-state index is 0.225. The fourth-order valence-corrected chi connectivity index (χ4v) is 4.70. The van der Waals surface area contributed by atoms with Gasteiger partial charge in [-0.25, -0.2) is 0 Å². The smallest absolute Gasteiger partial charge is 0.0721 e. The molecule has 0 bridgehead atoms. The van der Waals surface area contributed by atoms with E-state index in [1.54, 1.807) is 5.57 Å². The Morgan fingerprint density at radius 1 is 1.19 bits per heavy atom. The number of aliphatic hydroxyl groups is 2. The number of nitrogens with zero attached hydrogens (tertiary/aromatic N) is 1. The first-order valence-electron chi connectivity index (χ1n) is 10.9. The molecule has 5 atom stereocenters. The van der Waals surface area contributed by atoms with Crippen LogP contribution in [0.2, 0.25) is 0 Å². The lowest BCUT2D eigenvalue weighted by Crippen LogP contribution is -2.18. The number of unbranched alkanes of at least 4 members (excludes halogenated alkanes) is 4. The molecule has 0 amide bonds. The molecule has 0 saturated heterocycles. The molecule has 0 aromatic rings. The maximum Gasteiger partial charge on any atom is 0.0721 e. The fourth-order valence-electron chi connectivity index (χ4n) is 4.70. The van der Waals surface area contributed by atoms with Gasteiger partial charge < -0.3 is 15.1 Å². The van der Waals surface area contributed by atoms with Crippen molar-refractivity contribution in [1.82, 2.24) is 4.90 Å². The van der Waals surface area contributed by atoms with Gasteiger partial charge in [-0.2, -0.15) is 0 Å². The highest BCUT2D eigenvalue weighted by molar-refractivity contribution is 5.20. The van der Waals surface area contributed by atoms with Crippen LogP contribution in [0.3, 0.4) is 0 Å². The van der Waals surface area contributed by atoms with Crippen LogP contribution in [-0.2, 0) is 0 Å². The summed E-state index contributed by atoms with van der Waals surface area (Å²) in [7, 11) is 4.28. The van der Waals surface area contributed by atoms with Crippen molar-refractivity contribution < 1.29 is 10.2 Å². The number of rotatable bonds is 12. The predicted octanol–water partition coefficient (Wildman–Crippen LogP) is 4.55. The molecule has 0 heterocycles.